The van der Waals surface area contributed by atoms with E-state index in [0.29, 0.717) is 18.2 Å². The number of rotatable bonds is 7. The number of ether oxygens (including phenoxy) is 2. The summed E-state index contributed by atoms with van der Waals surface area (Å²) in [6.45, 7) is 6.90. The van der Waals surface area contributed by atoms with Crippen molar-refractivity contribution in [1.82, 2.24) is 15.5 Å². The van der Waals surface area contributed by atoms with Crippen molar-refractivity contribution >= 4 is 5.96 Å². The fourth-order valence-corrected chi connectivity index (χ4v) is 3.84. The second-order valence-electron chi connectivity index (χ2n) is 7.39. The van der Waals surface area contributed by atoms with Crippen molar-refractivity contribution in [3.8, 4) is 0 Å². The summed E-state index contributed by atoms with van der Waals surface area (Å²) in [4.78, 5) is 7.03. The van der Waals surface area contributed by atoms with Crippen LogP contribution in [-0.2, 0) is 9.47 Å². The van der Waals surface area contributed by atoms with Crippen LogP contribution >= 0.6 is 0 Å². The van der Waals surface area contributed by atoms with Gasteiger partial charge in [-0.25, -0.2) is 0 Å². The number of nitrogens with one attached hydrogen (secondary N) is 2. The summed E-state index contributed by atoms with van der Waals surface area (Å²) < 4.78 is 11.3. The number of guanidine groups is 1. The zero-order valence-corrected chi connectivity index (χ0v) is 15.3. The molecule has 0 radical (unpaired) electrons. The van der Waals surface area contributed by atoms with Gasteiger partial charge in [-0.05, 0) is 45.4 Å². The molecule has 2 unspecified atom stereocenters. The van der Waals surface area contributed by atoms with Crippen LogP contribution < -0.4 is 10.6 Å². The Morgan fingerprint density at radius 2 is 2.04 bits per heavy atom. The molecule has 6 nitrogen and oxygen atoms in total. The zero-order chi connectivity index (χ0) is 16.8. The van der Waals surface area contributed by atoms with Crippen molar-refractivity contribution in [2.45, 2.75) is 69.7 Å². The smallest absolute Gasteiger partial charge is 0.191 e. The first kappa shape index (κ1) is 18.0. The van der Waals surface area contributed by atoms with E-state index >= 15 is 0 Å². The van der Waals surface area contributed by atoms with Gasteiger partial charge < -0.3 is 20.1 Å². The summed E-state index contributed by atoms with van der Waals surface area (Å²) in [6, 6.07) is 2.07. The predicted octanol–water partition coefficient (Wildman–Crippen LogP) is 1.36. The van der Waals surface area contributed by atoms with Crippen molar-refractivity contribution in [1.29, 1.82) is 0 Å². The molecule has 3 rings (SSSR count). The highest BCUT2D eigenvalue weighted by atomic mass is 16.5. The number of hydrogen-bond donors (Lipinski definition) is 2. The van der Waals surface area contributed by atoms with Crippen LogP contribution in [0, 0.1) is 0 Å². The van der Waals surface area contributed by atoms with E-state index in [1.165, 1.54) is 19.3 Å². The molecule has 0 aromatic carbocycles. The molecule has 2 saturated heterocycles. The van der Waals surface area contributed by atoms with Crippen LogP contribution in [0.2, 0.25) is 0 Å². The first-order chi connectivity index (χ1) is 11.8. The van der Waals surface area contributed by atoms with Gasteiger partial charge in [0.05, 0.1) is 6.10 Å². The summed E-state index contributed by atoms with van der Waals surface area (Å²) in [7, 11) is 1.85. The van der Waals surface area contributed by atoms with Gasteiger partial charge in [-0.1, -0.05) is 0 Å². The molecular weight excluding hydrogens is 304 g/mol. The lowest BCUT2D eigenvalue weighted by Gasteiger charge is -2.22. The molecule has 2 heterocycles. The maximum absolute atomic E-state index is 5.91. The van der Waals surface area contributed by atoms with Crippen LogP contribution in [-0.4, -0.2) is 75.0 Å². The first-order valence-corrected chi connectivity index (χ1v) is 9.68. The van der Waals surface area contributed by atoms with Crippen molar-refractivity contribution in [3.63, 3.8) is 0 Å². The van der Waals surface area contributed by atoms with E-state index < -0.39 is 0 Å². The Kier molecular flexibility index (Phi) is 6.75. The van der Waals surface area contributed by atoms with E-state index in [1.807, 2.05) is 7.05 Å². The Morgan fingerprint density at radius 1 is 1.25 bits per heavy atom. The van der Waals surface area contributed by atoms with Crippen molar-refractivity contribution in [2.75, 3.05) is 40.0 Å². The fraction of sp³-hybridized carbons (Fsp3) is 0.944. The Labute approximate surface area is 146 Å². The van der Waals surface area contributed by atoms with Gasteiger partial charge in [0.25, 0.3) is 0 Å². The second-order valence-corrected chi connectivity index (χ2v) is 7.39. The van der Waals surface area contributed by atoms with Gasteiger partial charge in [-0.2, -0.15) is 0 Å². The van der Waals surface area contributed by atoms with Crippen LogP contribution in [0.25, 0.3) is 0 Å². The van der Waals surface area contributed by atoms with Crippen LogP contribution in [0.4, 0.5) is 0 Å². The lowest BCUT2D eigenvalue weighted by Crippen LogP contribution is -2.45. The molecule has 3 aliphatic rings. The summed E-state index contributed by atoms with van der Waals surface area (Å²) in [5.41, 5.74) is 0. The largest absolute Gasteiger partial charge is 0.381 e. The molecular formula is C18H34N4O2. The highest BCUT2D eigenvalue weighted by Gasteiger charge is 2.38. The zero-order valence-electron chi connectivity index (χ0n) is 15.3. The molecule has 0 spiro atoms. The average molecular weight is 338 g/mol. The molecule has 24 heavy (non-hydrogen) atoms. The van der Waals surface area contributed by atoms with Crippen LogP contribution in [0.15, 0.2) is 4.99 Å². The summed E-state index contributed by atoms with van der Waals surface area (Å²) in [5, 5.41) is 7.01. The number of aliphatic imine (C=N–C) groups is 1. The van der Waals surface area contributed by atoms with E-state index in [9.17, 15) is 0 Å². The molecule has 0 aromatic rings. The second kappa shape index (κ2) is 9.02. The lowest BCUT2D eigenvalue weighted by atomic mass is 10.1. The van der Waals surface area contributed by atoms with Gasteiger partial charge in [0.1, 0.15) is 0 Å². The third-order valence-corrected chi connectivity index (χ3v) is 5.34. The molecule has 2 atom stereocenters. The predicted molar refractivity (Wildman–Crippen MR) is 96.5 cm³/mol. The topological polar surface area (TPSA) is 58.1 Å². The average Bonchev–Trinajstić information content (AvgIpc) is 3.38. The van der Waals surface area contributed by atoms with E-state index in [1.54, 1.807) is 0 Å². The van der Waals surface area contributed by atoms with E-state index in [4.69, 9.17) is 9.47 Å². The van der Waals surface area contributed by atoms with Gasteiger partial charge in [0.15, 0.2) is 5.96 Å². The number of hydrogen-bond acceptors (Lipinski definition) is 4. The minimum absolute atomic E-state index is 0.393. The van der Waals surface area contributed by atoms with Crippen molar-refractivity contribution in [2.24, 2.45) is 4.99 Å². The first-order valence-electron chi connectivity index (χ1n) is 9.68. The van der Waals surface area contributed by atoms with Crippen LogP contribution in [0.1, 0.15) is 45.4 Å². The molecule has 6 heteroatoms. The summed E-state index contributed by atoms with van der Waals surface area (Å²) >= 11 is 0. The van der Waals surface area contributed by atoms with Crippen LogP contribution in [0.5, 0.6) is 0 Å². The molecule has 2 N–H and O–H groups in total. The highest BCUT2D eigenvalue weighted by molar-refractivity contribution is 5.80. The minimum atomic E-state index is 0.393. The maximum Gasteiger partial charge on any atom is 0.191 e. The van der Waals surface area contributed by atoms with Gasteiger partial charge in [0.2, 0.25) is 0 Å². The fourth-order valence-electron chi connectivity index (χ4n) is 3.84. The molecule has 0 aromatic heterocycles. The Hall–Kier alpha value is -0.850. The molecule has 0 amide bonds. The Morgan fingerprint density at radius 3 is 2.75 bits per heavy atom. The lowest BCUT2D eigenvalue weighted by molar-refractivity contribution is -0.0320. The van der Waals surface area contributed by atoms with Crippen molar-refractivity contribution in [3.05, 3.63) is 0 Å². The third kappa shape index (κ3) is 5.33. The summed E-state index contributed by atoms with van der Waals surface area (Å²) in [6.07, 6.45) is 7.46. The normalized spacial score (nSPS) is 29.8. The van der Waals surface area contributed by atoms with E-state index in [0.717, 1.165) is 64.2 Å². The molecule has 1 saturated carbocycles. The quantitative estimate of drug-likeness (QED) is 0.417. The molecule has 138 valence electrons. The van der Waals surface area contributed by atoms with Gasteiger partial charge in [-0.15, -0.1) is 0 Å². The molecule has 1 aliphatic carbocycles. The minimum Gasteiger partial charge on any atom is -0.381 e. The summed E-state index contributed by atoms with van der Waals surface area (Å²) in [5.74, 6) is 0.927. The standard InChI is InChI=1S/C18H34N4O2/c1-14-12-15(13-22(14)16-4-5-16)21-18(19-2)20-8-3-9-24-17-6-10-23-11-7-17/h14-17H,3-13H2,1-2H3,(H2,19,20,21). The number of likely N-dealkylation sites (tertiary alicyclic amines) is 1. The maximum atomic E-state index is 5.91. The Bertz CT molecular complexity index is 408. The van der Waals surface area contributed by atoms with Gasteiger partial charge in [0, 0.05) is 58.1 Å². The number of nitrogens with zero attached hydrogens (tertiary/aromatic N) is 2. The molecule has 2 aliphatic heterocycles. The van der Waals surface area contributed by atoms with E-state index in [-0.39, 0.29) is 0 Å². The van der Waals surface area contributed by atoms with E-state index in [2.05, 4.69) is 27.4 Å². The van der Waals surface area contributed by atoms with Gasteiger partial charge in [-0.3, -0.25) is 9.89 Å². The SMILES string of the molecule is CN=C(NCCCOC1CCOCC1)NC1CC(C)N(C2CC2)C1. The van der Waals surface area contributed by atoms with Crippen molar-refractivity contribution < 1.29 is 9.47 Å². The molecule has 0 bridgehead atoms. The van der Waals surface area contributed by atoms with Crippen LogP contribution in [0.3, 0.4) is 0 Å². The van der Waals surface area contributed by atoms with Gasteiger partial charge >= 0.3 is 0 Å². The molecule has 3 fully saturated rings. The third-order valence-electron chi connectivity index (χ3n) is 5.34. The Balaban J connectivity index is 1.28. The monoisotopic (exact) mass is 338 g/mol. The highest BCUT2D eigenvalue weighted by Crippen LogP contribution is 2.33.